The number of nitrogens with zero attached hydrogens (tertiary/aromatic N) is 2. The van der Waals surface area contributed by atoms with Crippen LogP contribution in [0.5, 0.6) is 0 Å². The molecule has 1 heterocycles. The number of hydrogen-bond donors (Lipinski definition) is 1. The van der Waals surface area contributed by atoms with Crippen molar-refractivity contribution in [3.8, 4) is 6.07 Å². The monoisotopic (exact) mass is 229 g/mol. The predicted molar refractivity (Wildman–Crippen MR) is 69.9 cm³/mol. The fourth-order valence-corrected chi connectivity index (χ4v) is 2.63. The van der Waals surface area contributed by atoms with E-state index in [2.05, 4.69) is 24.0 Å². The molecule has 1 saturated heterocycles. The first-order valence-electron chi connectivity index (χ1n) is 6.21. The van der Waals surface area contributed by atoms with E-state index in [9.17, 15) is 5.26 Å². The van der Waals surface area contributed by atoms with Crippen molar-refractivity contribution in [2.24, 2.45) is 11.7 Å². The van der Waals surface area contributed by atoms with Gasteiger partial charge in [0.2, 0.25) is 0 Å². The van der Waals surface area contributed by atoms with E-state index in [1.54, 1.807) is 0 Å². The van der Waals surface area contributed by atoms with Crippen LogP contribution in [0, 0.1) is 24.2 Å². The lowest BCUT2D eigenvalue weighted by Crippen LogP contribution is -2.39. The van der Waals surface area contributed by atoms with Gasteiger partial charge < -0.3 is 10.6 Å². The maximum Gasteiger partial charge on any atom is 0.101 e. The Hall–Kier alpha value is -1.53. The van der Waals surface area contributed by atoms with E-state index in [0.29, 0.717) is 5.92 Å². The Morgan fingerprint density at radius 3 is 3.06 bits per heavy atom. The van der Waals surface area contributed by atoms with E-state index >= 15 is 0 Å². The summed E-state index contributed by atoms with van der Waals surface area (Å²) in [5.74, 6) is 0.565. The lowest BCUT2D eigenvalue weighted by molar-refractivity contribution is 0.423. The van der Waals surface area contributed by atoms with Crippen molar-refractivity contribution in [2.75, 3.05) is 24.5 Å². The van der Waals surface area contributed by atoms with Crippen molar-refractivity contribution in [1.29, 1.82) is 5.26 Å². The minimum atomic E-state index is 0.565. The lowest BCUT2D eigenvalue weighted by atomic mass is 9.96. The summed E-state index contributed by atoms with van der Waals surface area (Å²) in [6, 6.07) is 8.21. The topological polar surface area (TPSA) is 53.0 Å². The molecule has 0 amide bonds. The number of hydrogen-bond acceptors (Lipinski definition) is 3. The highest BCUT2D eigenvalue weighted by Crippen LogP contribution is 2.28. The van der Waals surface area contributed by atoms with Gasteiger partial charge in [-0.1, -0.05) is 12.1 Å². The van der Waals surface area contributed by atoms with Crippen molar-refractivity contribution in [2.45, 2.75) is 19.8 Å². The van der Waals surface area contributed by atoms with Gasteiger partial charge in [-0.15, -0.1) is 0 Å². The molecule has 1 aromatic rings. The predicted octanol–water partition coefficient (Wildman–Crippen LogP) is 2.04. The third kappa shape index (κ3) is 2.42. The molecular formula is C14H19N3. The Balaban J connectivity index is 2.30. The molecule has 0 saturated carbocycles. The van der Waals surface area contributed by atoms with Gasteiger partial charge in [-0.05, 0) is 43.9 Å². The van der Waals surface area contributed by atoms with Crippen molar-refractivity contribution >= 4 is 5.69 Å². The maximum absolute atomic E-state index is 9.20. The maximum atomic E-state index is 9.20. The van der Waals surface area contributed by atoms with Crippen molar-refractivity contribution in [1.82, 2.24) is 0 Å². The Bertz CT molecular complexity index is 434. The molecule has 90 valence electrons. The van der Waals surface area contributed by atoms with E-state index in [1.807, 2.05) is 12.1 Å². The van der Waals surface area contributed by atoms with Crippen LogP contribution in [-0.2, 0) is 0 Å². The fourth-order valence-electron chi connectivity index (χ4n) is 2.63. The van der Waals surface area contributed by atoms with Crippen LogP contribution in [0.3, 0.4) is 0 Å². The zero-order valence-electron chi connectivity index (χ0n) is 10.3. The Morgan fingerprint density at radius 1 is 1.53 bits per heavy atom. The molecule has 1 atom stereocenters. The Kier molecular flexibility index (Phi) is 3.65. The van der Waals surface area contributed by atoms with Gasteiger partial charge in [-0.3, -0.25) is 0 Å². The van der Waals surface area contributed by atoms with Gasteiger partial charge in [-0.2, -0.15) is 5.26 Å². The van der Waals surface area contributed by atoms with Gasteiger partial charge in [0.25, 0.3) is 0 Å². The molecule has 2 rings (SSSR count). The molecule has 1 aliphatic rings. The minimum Gasteiger partial charge on any atom is -0.370 e. The summed E-state index contributed by atoms with van der Waals surface area (Å²) in [7, 11) is 0. The number of nitrogens with two attached hydrogens (primary N) is 1. The number of piperidine rings is 1. The highest BCUT2D eigenvalue weighted by molar-refractivity contribution is 5.64. The molecule has 0 aliphatic carbocycles. The number of para-hydroxylation sites is 1. The summed E-state index contributed by atoms with van der Waals surface area (Å²) in [5.41, 5.74) is 8.83. The lowest BCUT2D eigenvalue weighted by Gasteiger charge is -2.35. The molecular weight excluding hydrogens is 210 g/mol. The summed E-state index contributed by atoms with van der Waals surface area (Å²) in [6.45, 7) is 4.83. The van der Waals surface area contributed by atoms with Gasteiger partial charge in [-0.25, -0.2) is 0 Å². The van der Waals surface area contributed by atoms with Crippen LogP contribution in [0.25, 0.3) is 0 Å². The second kappa shape index (κ2) is 5.20. The summed E-state index contributed by atoms with van der Waals surface area (Å²) >= 11 is 0. The zero-order valence-corrected chi connectivity index (χ0v) is 10.3. The first-order chi connectivity index (χ1) is 8.26. The Morgan fingerprint density at radius 2 is 2.35 bits per heavy atom. The van der Waals surface area contributed by atoms with E-state index in [0.717, 1.165) is 30.9 Å². The quantitative estimate of drug-likeness (QED) is 0.844. The second-order valence-electron chi connectivity index (χ2n) is 4.77. The van der Waals surface area contributed by atoms with Gasteiger partial charge in [0.05, 0.1) is 11.3 Å². The average Bonchev–Trinajstić information content (AvgIpc) is 2.38. The standard InChI is InChI=1S/C14H19N3/c1-11-4-2-6-13(9-16)14(11)17-7-3-5-12(8-15)10-17/h2,4,6,12H,3,5,7-8,10,15H2,1H3. The van der Waals surface area contributed by atoms with Gasteiger partial charge in [0.15, 0.2) is 0 Å². The molecule has 0 aromatic heterocycles. The molecule has 0 spiro atoms. The zero-order chi connectivity index (χ0) is 12.3. The smallest absolute Gasteiger partial charge is 0.101 e. The van der Waals surface area contributed by atoms with Crippen LogP contribution < -0.4 is 10.6 Å². The summed E-state index contributed by atoms with van der Waals surface area (Å²) < 4.78 is 0. The SMILES string of the molecule is Cc1cccc(C#N)c1N1CCCC(CN)C1. The van der Waals surface area contributed by atoms with E-state index in [-0.39, 0.29) is 0 Å². The third-order valence-electron chi connectivity index (χ3n) is 3.53. The van der Waals surface area contributed by atoms with E-state index in [4.69, 9.17) is 5.73 Å². The molecule has 1 aliphatic heterocycles. The van der Waals surface area contributed by atoms with Crippen LogP contribution in [0.15, 0.2) is 18.2 Å². The molecule has 1 aromatic carbocycles. The van der Waals surface area contributed by atoms with Crippen molar-refractivity contribution in [3.63, 3.8) is 0 Å². The van der Waals surface area contributed by atoms with Crippen LogP contribution >= 0.6 is 0 Å². The van der Waals surface area contributed by atoms with Crippen molar-refractivity contribution < 1.29 is 0 Å². The summed E-state index contributed by atoms with van der Waals surface area (Å²) in [6.07, 6.45) is 2.38. The van der Waals surface area contributed by atoms with E-state index in [1.165, 1.54) is 18.4 Å². The number of nitriles is 1. The number of rotatable bonds is 2. The fraction of sp³-hybridized carbons (Fsp3) is 0.500. The number of anilines is 1. The van der Waals surface area contributed by atoms with Crippen LogP contribution in [-0.4, -0.2) is 19.6 Å². The molecule has 0 radical (unpaired) electrons. The largest absolute Gasteiger partial charge is 0.370 e. The number of aryl methyl sites for hydroxylation is 1. The molecule has 1 unspecified atom stereocenters. The van der Waals surface area contributed by atoms with Gasteiger partial charge in [0.1, 0.15) is 6.07 Å². The third-order valence-corrected chi connectivity index (χ3v) is 3.53. The van der Waals surface area contributed by atoms with Crippen LogP contribution in [0.4, 0.5) is 5.69 Å². The molecule has 3 heteroatoms. The van der Waals surface area contributed by atoms with Gasteiger partial charge in [0, 0.05) is 13.1 Å². The molecule has 3 nitrogen and oxygen atoms in total. The first-order valence-corrected chi connectivity index (χ1v) is 6.21. The molecule has 2 N–H and O–H groups in total. The van der Waals surface area contributed by atoms with Crippen molar-refractivity contribution in [3.05, 3.63) is 29.3 Å². The minimum absolute atomic E-state index is 0.565. The number of benzene rings is 1. The first kappa shape index (κ1) is 11.9. The summed E-state index contributed by atoms with van der Waals surface area (Å²) in [4.78, 5) is 2.33. The highest BCUT2D eigenvalue weighted by atomic mass is 15.1. The normalized spacial score (nSPS) is 20.1. The highest BCUT2D eigenvalue weighted by Gasteiger charge is 2.21. The Labute approximate surface area is 103 Å². The molecule has 0 bridgehead atoms. The van der Waals surface area contributed by atoms with E-state index < -0.39 is 0 Å². The molecule has 17 heavy (non-hydrogen) atoms. The summed E-state index contributed by atoms with van der Waals surface area (Å²) in [5, 5.41) is 9.20. The second-order valence-corrected chi connectivity index (χ2v) is 4.77. The molecule has 1 fully saturated rings. The average molecular weight is 229 g/mol. The van der Waals surface area contributed by atoms with Crippen LogP contribution in [0.1, 0.15) is 24.0 Å². The van der Waals surface area contributed by atoms with Crippen LogP contribution in [0.2, 0.25) is 0 Å². The van der Waals surface area contributed by atoms with Gasteiger partial charge >= 0.3 is 0 Å².